The molecule has 0 unspecified atom stereocenters. The molecule has 24 heavy (non-hydrogen) atoms. The third-order valence-corrected chi connectivity index (χ3v) is 3.59. The number of carbonyl (C=O) groups is 1. The second kappa shape index (κ2) is 8.97. The number of amides is 1. The van der Waals surface area contributed by atoms with Crippen LogP contribution >= 0.6 is 0 Å². The fourth-order valence-electron chi connectivity index (χ4n) is 1.64. The van der Waals surface area contributed by atoms with Crippen LogP contribution in [-0.2, 0) is 33.3 Å². The molecule has 0 saturated carbocycles. The van der Waals surface area contributed by atoms with E-state index in [1.807, 2.05) is 0 Å². The van der Waals surface area contributed by atoms with Crippen LogP contribution < -0.4 is 5.32 Å². The quantitative estimate of drug-likeness (QED) is 0.576. The molecule has 0 spiro atoms. The van der Waals surface area contributed by atoms with Crippen LogP contribution in [0.5, 0.6) is 0 Å². The topological polar surface area (TPSA) is 125 Å². The van der Waals surface area contributed by atoms with Gasteiger partial charge in [0.2, 0.25) is 0 Å². The van der Waals surface area contributed by atoms with Crippen LogP contribution in [0.25, 0.3) is 0 Å². The van der Waals surface area contributed by atoms with Gasteiger partial charge in [-0.15, -0.1) is 0 Å². The van der Waals surface area contributed by atoms with E-state index in [9.17, 15) is 21.6 Å². The summed E-state index contributed by atoms with van der Waals surface area (Å²) in [6, 6.07) is -0.687. The van der Waals surface area contributed by atoms with E-state index in [1.54, 1.807) is 27.7 Å². The van der Waals surface area contributed by atoms with Crippen molar-refractivity contribution in [1.82, 2.24) is 5.32 Å². The summed E-state index contributed by atoms with van der Waals surface area (Å²) in [6.07, 6.45) is 1.35. The highest BCUT2D eigenvalue weighted by Crippen LogP contribution is 2.12. The summed E-state index contributed by atoms with van der Waals surface area (Å²) in [5.41, 5.74) is -0.711. The Morgan fingerprint density at radius 1 is 1.00 bits per heavy atom. The molecular weight excluding hydrogens is 362 g/mol. The lowest BCUT2D eigenvalue weighted by Gasteiger charge is -2.25. The first-order chi connectivity index (χ1) is 10.6. The summed E-state index contributed by atoms with van der Waals surface area (Å²) < 4.78 is 58.8. The number of hydrogen-bond acceptors (Lipinski definition) is 8. The maximum absolute atomic E-state index is 11.8. The van der Waals surface area contributed by atoms with Crippen LogP contribution in [0.15, 0.2) is 0 Å². The molecule has 1 amide bonds. The molecule has 9 nitrogen and oxygen atoms in total. The number of alkyl carbamates (subject to hydrolysis) is 1. The Hall–Kier alpha value is -0.910. The van der Waals surface area contributed by atoms with Gasteiger partial charge in [0.05, 0.1) is 31.8 Å². The summed E-state index contributed by atoms with van der Waals surface area (Å²) >= 11 is 0. The molecule has 0 aromatic rings. The van der Waals surface area contributed by atoms with Gasteiger partial charge in [-0.1, -0.05) is 6.92 Å². The van der Waals surface area contributed by atoms with Crippen LogP contribution in [0.4, 0.5) is 4.79 Å². The van der Waals surface area contributed by atoms with Crippen LogP contribution in [0, 0.1) is 5.92 Å². The first-order valence-corrected chi connectivity index (χ1v) is 10.9. The summed E-state index contributed by atoms with van der Waals surface area (Å²) in [5.74, 6) is -0.275. The molecule has 0 radical (unpaired) electrons. The SMILES string of the molecule is C[C@@H](COS(C)(=O)=O)C[C@@H](COS(C)(=O)=O)NC(=O)OC(C)(C)C. The number of hydrogen-bond donors (Lipinski definition) is 1. The average molecular weight is 389 g/mol. The molecule has 0 rings (SSSR count). The van der Waals surface area contributed by atoms with E-state index in [1.165, 1.54) is 0 Å². The van der Waals surface area contributed by atoms with Gasteiger partial charge in [0.25, 0.3) is 20.2 Å². The Labute approximate surface area is 144 Å². The smallest absolute Gasteiger partial charge is 0.407 e. The van der Waals surface area contributed by atoms with Crippen LogP contribution in [0.1, 0.15) is 34.1 Å². The molecule has 0 aliphatic heterocycles. The van der Waals surface area contributed by atoms with Crippen molar-refractivity contribution in [3.63, 3.8) is 0 Å². The van der Waals surface area contributed by atoms with E-state index in [-0.39, 0.29) is 25.6 Å². The van der Waals surface area contributed by atoms with Gasteiger partial charge in [0.1, 0.15) is 5.60 Å². The third kappa shape index (κ3) is 14.7. The number of carbonyl (C=O) groups excluding carboxylic acids is 1. The Balaban J connectivity index is 4.76. The second-order valence-electron chi connectivity index (χ2n) is 6.66. The van der Waals surface area contributed by atoms with Gasteiger partial charge in [-0.25, -0.2) is 4.79 Å². The monoisotopic (exact) mass is 389 g/mol. The summed E-state index contributed by atoms with van der Waals surface area (Å²) in [5, 5.41) is 2.52. The predicted octanol–water partition coefficient (Wildman–Crippen LogP) is 0.858. The molecule has 144 valence electrons. The zero-order chi connectivity index (χ0) is 19.2. The van der Waals surface area contributed by atoms with Crippen molar-refractivity contribution in [3.05, 3.63) is 0 Å². The Morgan fingerprint density at radius 3 is 1.88 bits per heavy atom. The molecule has 1 N–H and O–H groups in total. The molecule has 2 atom stereocenters. The van der Waals surface area contributed by atoms with Gasteiger partial charge in [-0.05, 0) is 33.1 Å². The van der Waals surface area contributed by atoms with Crippen molar-refractivity contribution in [1.29, 1.82) is 0 Å². The van der Waals surface area contributed by atoms with Gasteiger partial charge in [0.15, 0.2) is 0 Å². The fourth-order valence-corrected chi connectivity index (χ4v) is 2.53. The average Bonchev–Trinajstić information content (AvgIpc) is 2.29. The van der Waals surface area contributed by atoms with Crippen LogP contribution in [0.2, 0.25) is 0 Å². The number of nitrogens with one attached hydrogen (secondary N) is 1. The van der Waals surface area contributed by atoms with Gasteiger partial charge in [-0.2, -0.15) is 16.8 Å². The summed E-state index contributed by atoms with van der Waals surface area (Å²) in [7, 11) is -7.26. The molecule has 0 aliphatic carbocycles. The van der Waals surface area contributed by atoms with E-state index >= 15 is 0 Å². The first-order valence-electron chi connectivity index (χ1n) is 7.26. The Morgan fingerprint density at radius 2 is 1.46 bits per heavy atom. The zero-order valence-corrected chi connectivity index (χ0v) is 16.5. The molecule has 0 bridgehead atoms. The zero-order valence-electron chi connectivity index (χ0n) is 14.9. The highest BCUT2D eigenvalue weighted by molar-refractivity contribution is 7.86. The minimum Gasteiger partial charge on any atom is -0.444 e. The van der Waals surface area contributed by atoms with Crippen molar-refractivity contribution in [3.8, 4) is 0 Å². The van der Waals surface area contributed by atoms with Crippen LogP contribution in [0.3, 0.4) is 0 Å². The van der Waals surface area contributed by atoms with E-state index < -0.39 is 38.0 Å². The third-order valence-electron chi connectivity index (χ3n) is 2.46. The highest BCUT2D eigenvalue weighted by atomic mass is 32.2. The molecule has 0 aliphatic rings. The molecule has 0 heterocycles. The van der Waals surface area contributed by atoms with Crippen molar-refractivity contribution in [2.75, 3.05) is 25.7 Å². The normalized spacial score (nSPS) is 15.6. The lowest BCUT2D eigenvalue weighted by molar-refractivity contribution is 0.0476. The molecule has 0 fully saturated rings. The molecule has 11 heteroatoms. The van der Waals surface area contributed by atoms with E-state index in [0.717, 1.165) is 12.5 Å². The summed E-state index contributed by atoms with van der Waals surface area (Å²) in [6.45, 7) is 6.40. The molecule has 0 aromatic carbocycles. The second-order valence-corrected chi connectivity index (χ2v) is 9.95. The minimum atomic E-state index is -3.68. The summed E-state index contributed by atoms with van der Waals surface area (Å²) in [4.78, 5) is 11.8. The van der Waals surface area contributed by atoms with E-state index in [2.05, 4.69) is 5.32 Å². The Bertz CT molecular complexity index is 606. The lowest BCUT2D eigenvalue weighted by Crippen LogP contribution is -2.43. The van der Waals surface area contributed by atoms with Crippen molar-refractivity contribution >= 4 is 26.3 Å². The van der Waals surface area contributed by atoms with Crippen LogP contribution in [-0.4, -0.2) is 60.3 Å². The lowest BCUT2D eigenvalue weighted by atomic mass is 10.0. The first kappa shape index (κ1) is 23.1. The van der Waals surface area contributed by atoms with Gasteiger partial charge in [-0.3, -0.25) is 8.37 Å². The van der Waals surface area contributed by atoms with Crippen molar-refractivity contribution < 1.29 is 34.7 Å². The highest BCUT2D eigenvalue weighted by Gasteiger charge is 2.23. The Kier molecular flexibility index (Phi) is 8.63. The fraction of sp³-hybridized carbons (Fsp3) is 0.923. The predicted molar refractivity (Wildman–Crippen MR) is 88.5 cm³/mol. The molecule has 0 saturated heterocycles. The molecule has 0 aromatic heterocycles. The van der Waals surface area contributed by atoms with Gasteiger partial charge < -0.3 is 10.1 Å². The minimum absolute atomic E-state index is 0.0930. The van der Waals surface area contributed by atoms with Gasteiger partial charge in [0, 0.05) is 0 Å². The largest absolute Gasteiger partial charge is 0.444 e. The number of ether oxygens (including phenoxy) is 1. The van der Waals surface area contributed by atoms with E-state index in [0.29, 0.717) is 0 Å². The van der Waals surface area contributed by atoms with E-state index in [4.69, 9.17) is 13.1 Å². The van der Waals surface area contributed by atoms with Crippen molar-refractivity contribution in [2.24, 2.45) is 5.92 Å². The molecular formula is C13H27NO8S2. The number of rotatable bonds is 9. The van der Waals surface area contributed by atoms with Crippen molar-refractivity contribution in [2.45, 2.75) is 45.8 Å². The standard InChI is InChI=1S/C13H27NO8S2/c1-10(8-20-23(5,16)17)7-11(9-21-24(6,18)19)14-12(15)22-13(2,3)4/h10-11H,7-9H2,1-6H3,(H,14,15)/t10-,11+/m1/s1. The van der Waals surface area contributed by atoms with Gasteiger partial charge >= 0.3 is 6.09 Å². The maximum atomic E-state index is 11.8. The maximum Gasteiger partial charge on any atom is 0.407 e.